The lowest BCUT2D eigenvalue weighted by atomic mass is 9.83. The summed E-state index contributed by atoms with van der Waals surface area (Å²) in [6, 6.07) is 55.8. The molecule has 0 saturated heterocycles. The Bertz CT molecular complexity index is 2660. The molecule has 0 aliphatic rings. The summed E-state index contributed by atoms with van der Waals surface area (Å²) in [4.78, 5) is 0. The third kappa shape index (κ3) is 6.47. The Labute approximate surface area is 313 Å². The molecule has 0 atom stereocenters. The minimum absolute atomic E-state index is 0.818. The number of allylic oxidation sites excluding steroid dienone is 4. The second kappa shape index (κ2) is 14.7. The molecule has 8 aromatic carbocycles. The van der Waals surface area contributed by atoms with Crippen molar-refractivity contribution < 1.29 is 0 Å². The molecule has 8 aromatic rings. The van der Waals surface area contributed by atoms with E-state index >= 15 is 0 Å². The highest BCUT2D eigenvalue weighted by Crippen LogP contribution is 2.46. The first-order valence-electron chi connectivity index (χ1n) is 18.5. The summed E-state index contributed by atoms with van der Waals surface area (Å²) in [5, 5.41) is 7.48. The minimum Gasteiger partial charge on any atom is -0.405 e. The van der Waals surface area contributed by atoms with Gasteiger partial charge in [-0.25, -0.2) is 0 Å². The molecule has 0 radical (unpaired) electrons. The quantitative estimate of drug-likeness (QED) is 0.125. The van der Waals surface area contributed by atoms with Crippen molar-refractivity contribution in [3.8, 4) is 33.4 Å². The molecule has 0 unspecified atom stereocenters. The summed E-state index contributed by atoms with van der Waals surface area (Å²) < 4.78 is 0. The number of hydrogen-bond donors (Lipinski definition) is 1. The van der Waals surface area contributed by atoms with Gasteiger partial charge in [0.05, 0.1) is 0 Å². The maximum Gasteiger partial charge on any atom is -0.00201 e. The van der Waals surface area contributed by atoms with Gasteiger partial charge < -0.3 is 5.73 Å². The predicted molar refractivity (Wildman–Crippen MR) is 231 cm³/mol. The van der Waals surface area contributed by atoms with Gasteiger partial charge in [-0.05, 0) is 139 Å². The molecule has 0 amide bonds. The van der Waals surface area contributed by atoms with Gasteiger partial charge in [-0.3, -0.25) is 0 Å². The summed E-state index contributed by atoms with van der Waals surface area (Å²) >= 11 is 0. The normalized spacial score (nSPS) is 12.2. The van der Waals surface area contributed by atoms with E-state index in [1.165, 1.54) is 88.0 Å². The summed E-state index contributed by atoms with van der Waals surface area (Å²) in [6.45, 7) is 6.37. The molecular weight excluding hydrogens is 639 g/mol. The van der Waals surface area contributed by atoms with Gasteiger partial charge in [0.25, 0.3) is 0 Å². The van der Waals surface area contributed by atoms with Crippen molar-refractivity contribution in [2.24, 2.45) is 5.73 Å². The van der Waals surface area contributed by atoms with Gasteiger partial charge in [0.1, 0.15) is 0 Å². The van der Waals surface area contributed by atoms with Gasteiger partial charge in [0, 0.05) is 0 Å². The largest absolute Gasteiger partial charge is 0.405 e. The molecule has 0 saturated carbocycles. The molecule has 2 N–H and O–H groups in total. The molecular formula is C52H43N. The van der Waals surface area contributed by atoms with Crippen LogP contribution in [0, 0.1) is 13.8 Å². The van der Waals surface area contributed by atoms with Crippen LogP contribution in [0.5, 0.6) is 0 Å². The van der Waals surface area contributed by atoms with E-state index < -0.39 is 0 Å². The third-order valence-corrected chi connectivity index (χ3v) is 10.5. The molecule has 0 heterocycles. The van der Waals surface area contributed by atoms with E-state index in [1.807, 2.05) is 6.08 Å². The van der Waals surface area contributed by atoms with Crippen LogP contribution in [0.1, 0.15) is 34.7 Å². The van der Waals surface area contributed by atoms with Crippen LogP contribution in [-0.2, 0) is 6.42 Å². The van der Waals surface area contributed by atoms with Crippen molar-refractivity contribution in [3.63, 3.8) is 0 Å². The molecule has 1 nitrogen and oxygen atoms in total. The lowest BCUT2D eigenvalue weighted by molar-refractivity contribution is 1.24. The fourth-order valence-corrected chi connectivity index (χ4v) is 7.93. The Balaban J connectivity index is 1.29. The Morgan fingerprint density at radius 1 is 0.547 bits per heavy atom. The summed E-state index contributed by atoms with van der Waals surface area (Å²) in [7, 11) is 0. The maximum atomic E-state index is 6.04. The first-order valence-corrected chi connectivity index (χ1v) is 18.5. The fourth-order valence-electron chi connectivity index (χ4n) is 7.93. The van der Waals surface area contributed by atoms with Crippen molar-refractivity contribution >= 4 is 44.0 Å². The zero-order valence-electron chi connectivity index (χ0n) is 30.6. The first kappa shape index (κ1) is 33.7. The summed E-state index contributed by atoms with van der Waals surface area (Å²) in [5.41, 5.74) is 20.8. The van der Waals surface area contributed by atoms with Gasteiger partial charge in [-0.15, -0.1) is 0 Å². The molecule has 0 spiro atoms. The molecule has 0 bridgehead atoms. The highest BCUT2D eigenvalue weighted by atomic mass is 14.5. The number of nitrogens with two attached hydrogens (primary N) is 1. The van der Waals surface area contributed by atoms with Gasteiger partial charge >= 0.3 is 0 Å². The van der Waals surface area contributed by atoms with Crippen LogP contribution in [0.4, 0.5) is 0 Å². The number of benzene rings is 8. The van der Waals surface area contributed by atoms with E-state index in [-0.39, 0.29) is 0 Å². The molecule has 53 heavy (non-hydrogen) atoms. The number of hydrogen-bond acceptors (Lipinski definition) is 1. The van der Waals surface area contributed by atoms with Crippen LogP contribution in [0.15, 0.2) is 176 Å². The van der Waals surface area contributed by atoms with Crippen molar-refractivity contribution in [3.05, 3.63) is 204 Å². The van der Waals surface area contributed by atoms with Crippen LogP contribution in [-0.4, -0.2) is 0 Å². The van der Waals surface area contributed by atoms with Gasteiger partial charge in [0.15, 0.2) is 0 Å². The SMILES string of the molecule is C/C=C\c1ccc(C/C=C(\C=C/N)c2cccc(-c3c4ccccc4c(-c4ccc(-c5ccc(C)cc5)c5ccccc45)c4ccccc34)c2)cc1C. The summed E-state index contributed by atoms with van der Waals surface area (Å²) in [6.07, 6.45) is 11.0. The van der Waals surface area contributed by atoms with Crippen LogP contribution in [0.2, 0.25) is 0 Å². The molecule has 0 aliphatic carbocycles. The molecule has 0 fully saturated rings. The second-order valence-electron chi connectivity index (χ2n) is 13.9. The number of fused-ring (bicyclic) bond motifs is 3. The monoisotopic (exact) mass is 681 g/mol. The van der Waals surface area contributed by atoms with E-state index in [9.17, 15) is 0 Å². The minimum atomic E-state index is 0.818. The van der Waals surface area contributed by atoms with Crippen molar-refractivity contribution in [2.75, 3.05) is 0 Å². The standard InChI is InChI=1S/C52H43N/c1-4-12-38-27-23-37(33-36(38)3)24-28-39(31-32-53)41-13-11-14-42(34-41)51-46-17-7-9-19-48(46)52(49-20-10-8-18-47(49)51)50-30-29-43(40-25-21-35(2)22-26-40)44-15-5-6-16-45(44)50/h4-23,25-34H,24,53H2,1-3H3/b12-4-,32-31-,39-28+. The third-order valence-electron chi connectivity index (χ3n) is 10.5. The Morgan fingerprint density at radius 3 is 1.77 bits per heavy atom. The Morgan fingerprint density at radius 2 is 1.15 bits per heavy atom. The average Bonchev–Trinajstić information content (AvgIpc) is 3.19. The van der Waals surface area contributed by atoms with E-state index in [0.29, 0.717) is 0 Å². The maximum absolute atomic E-state index is 6.04. The Kier molecular flexibility index (Phi) is 9.32. The zero-order chi connectivity index (χ0) is 36.3. The lowest BCUT2D eigenvalue weighted by Crippen LogP contribution is -1.93. The van der Waals surface area contributed by atoms with E-state index in [4.69, 9.17) is 5.73 Å². The molecule has 0 aromatic heterocycles. The van der Waals surface area contributed by atoms with Gasteiger partial charge in [0.2, 0.25) is 0 Å². The fraction of sp³-hybridized carbons (Fsp3) is 0.0769. The van der Waals surface area contributed by atoms with Crippen molar-refractivity contribution in [2.45, 2.75) is 27.2 Å². The smallest absolute Gasteiger partial charge is 0.00201 e. The number of rotatable bonds is 8. The predicted octanol–water partition coefficient (Wildman–Crippen LogP) is 13.9. The van der Waals surface area contributed by atoms with Crippen molar-refractivity contribution in [1.29, 1.82) is 0 Å². The summed E-state index contributed by atoms with van der Waals surface area (Å²) in [5.74, 6) is 0. The van der Waals surface area contributed by atoms with E-state index in [0.717, 1.165) is 17.6 Å². The Hall–Kier alpha value is -6.44. The average molecular weight is 682 g/mol. The lowest BCUT2D eigenvalue weighted by Gasteiger charge is -2.20. The van der Waals surface area contributed by atoms with Crippen LogP contribution >= 0.6 is 0 Å². The molecule has 0 aliphatic heterocycles. The van der Waals surface area contributed by atoms with E-state index in [2.05, 4.69) is 191 Å². The molecule has 8 rings (SSSR count). The number of aryl methyl sites for hydroxylation is 2. The zero-order valence-corrected chi connectivity index (χ0v) is 30.6. The highest BCUT2D eigenvalue weighted by Gasteiger charge is 2.19. The topological polar surface area (TPSA) is 26.0 Å². The van der Waals surface area contributed by atoms with Gasteiger partial charge in [-0.2, -0.15) is 0 Å². The van der Waals surface area contributed by atoms with Crippen LogP contribution in [0.25, 0.3) is 77.3 Å². The van der Waals surface area contributed by atoms with E-state index in [1.54, 1.807) is 6.20 Å². The molecule has 256 valence electrons. The van der Waals surface area contributed by atoms with Crippen LogP contribution in [0.3, 0.4) is 0 Å². The van der Waals surface area contributed by atoms with Crippen LogP contribution < -0.4 is 5.73 Å². The molecule has 1 heteroatoms. The highest BCUT2D eigenvalue weighted by molar-refractivity contribution is 6.24. The first-order chi connectivity index (χ1) is 26.0. The van der Waals surface area contributed by atoms with Gasteiger partial charge in [-0.1, -0.05) is 169 Å². The second-order valence-corrected chi connectivity index (χ2v) is 13.9. The van der Waals surface area contributed by atoms with Crippen molar-refractivity contribution in [1.82, 2.24) is 0 Å².